The van der Waals surface area contributed by atoms with Crippen LogP contribution in [-0.4, -0.2) is 61.8 Å². The van der Waals surface area contributed by atoms with Gasteiger partial charge in [0, 0.05) is 50.2 Å². The molecule has 2 aromatic heterocycles. The number of morpholine rings is 1. The maximum atomic E-state index is 5.40. The number of aromatic nitrogens is 1. The molecule has 27 heavy (non-hydrogen) atoms. The summed E-state index contributed by atoms with van der Waals surface area (Å²) in [5.74, 6) is 1.80. The molecule has 0 atom stereocenters. The third-order valence-electron chi connectivity index (χ3n) is 4.39. The van der Waals surface area contributed by atoms with E-state index in [9.17, 15) is 0 Å². The van der Waals surface area contributed by atoms with Gasteiger partial charge in [-0.05, 0) is 18.6 Å². The quantitative estimate of drug-likeness (QED) is 0.502. The van der Waals surface area contributed by atoms with Crippen molar-refractivity contribution >= 4 is 17.3 Å². The molecule has 7 nitrogen and oxygen atoms in total. The Bertz CT molecular complexity index is 680. The van der Waals surface area contributed by atoms with Gasteiger partial charge in [-0.25, -0.2) is 9.98 Å². The van der Waals surface area contributed by atoms with Crippen molar-refractivity contribution in [3.8, 4) is 0 Å². The Hall–Kier alpha value is -1.90. The molecule has 0 bridgehead atoms. The number of ether oxygens (including phenoxy) is 1. The molecule has 3 heterocycles. The van der Waals surface area contributed by atoms with Crippen LogP contribution in [0.3, 0.4) is 0 Å². The van der Waals surface area contributed by atoms with Crippen LogP contribution < -0.4 is 10.6 Å². The summed E-state index contributed by atoms with van der Waals surface area (Å²) < 4.78 is 10.8. The van der Waals surface area contributed by atoms with E-state index < -0.39 is 0 Å². The molecule has 3 rings (SSSR count). The van der Waals surface area contributed by atoms with E-state index >= 15 is 0 Å². The second-order valence-electron chi connectivity index (χ2n) is 6.38. The van der Waals surface area contributed by atoms with E-state index in [0.29, 0.717) is 6.54 Å². The number of furan rings is 1. The first kappa shape index (κ1) is 19.9. The van der Waals surface area contributed by atoms with Crippen molar-refractivity contribution in [2.45, 2.75) is 26.3 Å². The Morgan fingerprint density at radius 3 is 2.89 bits per heavy atom. The molecule has 1 saturated heterocycles. The van der Waals surface area contributed by atoms with Gasteiger partial charge in [-0.15, -0.1) is 11.3 Å². The van der Waals surface area contributed by atoms with Gasteiger partial charge in [0.15, 0.2) is 5.96 Å². The predicted octanol–water partition coefficient (Wildman–Crippen LogP) is 1.91. The maximum Gasteiger partial charge on any atom is 0.191 e. The van der Waals surface area contributed by atoms with E-state index in [0.717, 1.165) is 75.5 Å². The SMILES string of the molecule is CCc1cnc(CN=C(NCCc2ccco2)NCCN2CCOCC2)s1. The molecule has 0 aromatic carbocycles. The van der Waals surface area contributed by atoms with E-state index in [1.54, 1.807) is 17.6 Å². The summed E-state index contributed by atoms with van der Waals surface area (Å²) >= 11 is 1.73. The smallest absolute Gasteiger partial charge is 0.191 e. The van der Waals surface area contributed by atoms with Crippen molar-refractivity contribution in [2.75, 3.05) is 45.9 Å². The second-order valence-corrected chi connectivity index (χ2v) is 7.58. The van der Waals surface area contributed by atoms with Gasteiger partial charge in [0.05, 0.1) is 26.0 Å². The molecule has 1 aliphatic heterocycles. The minimum Gasteiger partial charge on any atom is -0.469 e. The number of guanidine groups is 1. The van der Waals surface area contributed by atoms with E-state index in [2.05, 4.69) is 27.4 Å². The molecule has 1 fully saturated rings. The highest BCUT2D eigenvalue weighted by atomic mass is 32.1. The number of aliphatic imine (C=N–C) groups is 1. The Morgan fingerprint density at radius 2 is 2.15 bits per heavy atom. The molecular weight excluding hydrogens is 362 g/mol. The zero-order chi connectivity index (χ0) is 18.7. The maximum absolute atomic E-state index is 5.40. The molecule has 0 radical (unpaired) electrons. The van der Waals surface area contributed by atoms with Crippen LogP contribution in [0.25, 0.3) is 0 Å². The zero-order valence-corrected chi connectivity index (χ0v) is 16.8. The van der Waals surface area contributed by atoms with Crippen molar-refractivity contribution in [1.82, 2.24) is 20.5 Å². The lowest BCUT2D eigenvalue weighted by Crippen LogP contribution is -2.44. The Morgan fingerprint density at radius 1 is 1.30 bits per heavy atom. The van der Waals surface area contributed by atoms with Crippen molar-refractivity contribution in [1.29, 1.82) is 0 Å². The summed E-state index contributed by atoms with van der Waals surface area (Å²) in [5, 5.41) is 7.89. The average molecular weight is 392 g/mol. The lowest BCUT2D eigenvalue weighted by atomic mass is 10.3. The molecule has 8 heteroatoms. The van der Waals surface area contributed by atoms with Gasteiger partial charge in [0.1, 0.15) is 10.8 Å². The highest BCUT2D eigenvalue weighted by molar-refractivity contribution is 7.11. The molecule has 148 valence electrons. The third kappa shape index (κ3) is 6.97. The van der Waals surface area contributed by atoms with E-state index in [1.165, 1.54) is 4.88 Å². The van der Waals surface area contributed by atoms with E-state index in [-0.39, 0.29) is 0 Å². The Kier molecular flexibility index (Phi) is 8.13. The van der Waals surface area contributed by atoms with Gasteiger partial charge in [0.25, 0.3) is 0 Å². The number of hydrogen-bond donors (Lipinski definition) is 2. The molecule has 0 spiro atoms. The lowest BCUT2D eigenvalue weighted by Gasteiger charge is -2.26. The van der Waals surface area contributed by atoms with Gasteiger partial charge >= 0.3 is 0 Å². The molecule has 0 saturated carbocycles. The van der Waals surface area contributed by atoms with Gasteiger partial charge in [-0.3, -0.25) is 4.90 Å². The van der Waals surface area contributed by atoms with Crippen LogP contribution in [0.1, 0.15) is 22.6 Å². The molecule has 0 aliphatic carbocycles. The molecule has 0 amide bonds. The summed E-state index contributed by atoms with van der Waals surface area (Å²) in [6, 6.07) is 3.91. The normalized spacial score (nSPS) is 15.8. The minimum absolute atomic E-state index is 0.596. The second kappa shape index (κ2) is 11.1. The monoisotopic (exact) mass is 391 g/mol. The molecule has 1 aliphatic rings. The first-order valence-corrected chi connectivity index (χ1v) is 10.4. The standard InChI is InChI=1S/C19H29N5O2S/c1-2-17-14-22-18(27-17)15-23-19(20-6-5-16-4-3-11-26-16)21-7-8-24-9-12-25-13-10-24/h3-4,11,14H,2,5-10,12-13,15H2,1H3,(H2,20,21,23). The fraction of sp³-hybridized carbons (Fsp3) is 0.579. The first-order valence-electron chi connectivity index (χ1n) is 9.61. The van der Waals surface area contributed by atoms with Crippen LogP contribution in [0.5, 0.6) is 0 Å². The first-order chi connectivity index (χ1) is 13.3. The van der Waals surface area contributed by atoms with Crippen LogP contribution in [0.4, 0.5) is 0 Å². The zero-order valence-electron chi connectivity index (χ0n) is 15.9. The van der Waals surface area contributed by atoms with Gasteiger partial charge in [-0.2, -0.15) is 0 Å². The molecule has 2 aromatic rings. The van der Waals surface area contributed by atoms with Crippen molar-refractivity contribution in [2.24, 2.45) is 4.99 Å². The Labute approximate surface area is 164 Å². The number of nitrogens with zero attached hydrogens (tertiary/aromatic N) is 3. The summed E-state index contributed by atoms with van der Waals surface area (Å²) in [4.78, 5) is 12.9. The summed E-state index contributed by atoms with van der Waals surface area (Å²) in [6.07, 6.45) is 5.51. The van der Waals surface area contributed by atoms with Crippen molar-refractivity contribution in [3.63, 3.8) is 0 Å². The lowest BCUT2D eigenvalue weighted by molar-refractivity contribution is 0.0389. The largest absolute Gasteiger partial charge is 0.469 e. The molecular formula is C19H29N5O2S. The number of hydrogen-bond acceptors (Lipinski definition) is 6. The van der Waals surface area contributed by atoms with Gasteiger partial charge < -0.3 is 19.8 Å². The van der Waals surface area contributed by atoms with Gasteiger partial charge in [-0.1, -0.05) is 6.92 Å². The topological polar surface area (TPSA) is 74.9 Å². The predicted molar refractivity (Wildman–Crippen MR) is 108 cm³/mol. The fourth-order valence-corrected chi connectivity index (χ4v) is 3.61. The minimum atomic E-state index is 0.596. The third-order valence-corrected chi connectivity index (χ3v) is 5.52. The fourth-order valence-electron chi connectivity index (χ4n) is 2.82. The number of aryl methyl sites for hydroxylation is 1. The average Bonchev–Trinajstić information content (AvgIpc) is 3.38. The van der Waals surface area contributed by atoms with Crippen LogP contribution >= 0.6 is 11.3 Å². The van der Waals surface area contributed by atoms with Crippen LogP contribution in [0.2, 0.25) is 0 Å². The molecule has 2 N–H and O–H groups in total. The van der Waals surface area contributed by atoms with Gasteiger partial charge in [0.2, 0.25) is 0 Å². The molecule has 0 unspecified atom stereocenters. The van der Waals surface area contributed by atoms with E-state index in [4.69, 9.17) is 14.1 Å². The summed E-state index contributed by atoms with van der Waals surface area (Å²) in [5.41, 5.74) is 0. The van der Waals surface area contributed by atoms with E-state index in [1.807, 2.05) is 18.3 Å². The number of nitrogens with one attached hydrogen (secondary N) is 2. The summed E-state index contributed by atoms with van der Waals surface area (Å²) in [7, 11) is 0. The highest BCUT2D eigenvalue weighted by Gasteiger charge is 2.10. The van der Waals surface area contributed by atoms with Crippen LogP contribution in [0, 0.1) is 0 Å². The van der Waals surface area contributed by atoms with Crippen molar-refractivity contribution in [3.05, 3.63) is 40.2 Å². The van der Waals surface area contributed by atoms with Crippen LogP contribution in [0.15, 0.2) is 34.0 Å². The summed E-state index contributed by atoms with van der Waals surface area (Å²) in [6.45, 7) is 9.00. The number of thiazole rings is 1. The number of rotatable bonds is 9. The Balaban J connectivity index is 1.48. The van der Waals surface area contributed by atoms with Crippen molar-refractivity contribution < 1.29 is 9.15 Å². The van der Waals surface area contributed by atoms with Crippen LogP contribution in [-0.2, 0) is 24.1 Å². The highest BCUT2D eigenvalue weighted by Crippen LogP contribution is 2.13.